The minimum atomic E-state index is -0.730. The van der Waals surface area contributed by atoms with Crippen LogP contribution in [0.3, 0.4) is 0 Å². The van der Waals surface area contributed by atoms with Crippen LogP contribution in [-0.2, 0) is 0 Å². The van der Waals surface area contributed by atoms with Crippen molar-refractivity contribution in [1.82, 2.24) is 0 Å². The largest absolute Gasteiger partial charge is 0.508 e. The minimum Gasteiger partial charge on any atom is -0.508 e. The maximum absolute atomic E-state index is 13.1. The molecule has 2 aromatic carbocycles. The average molecular weight is 277 g/mol. The number of phenols is 1. The van der Waals surface area contributed by atoms with Gasteiger partial charge in [-0.3, -0.25) is 5.01 Å². The van der Waals surface area contributed by atoms with Crippen LogP contribution in [0.25, 0.3) is 5.70 Å². The van der Waals surface area contributed by atoms with Gasteiger partial charge in [0.15, 0.2) is 0 Å². The van der Waals surface area contributed by atoms with Crippen LogP contribution in [0.5, 0.6) is 5.75 Å². The lowest BCUT2D eigenvalue weighted by Gasteiger charge is -2.15. The summed E-state index contributed by atoms with van der Waals surface area (Å²) in [7, 11) is 0. The maximum Gasteiger partial charge on any atom is 0.128 e. The molecule has 0 radical (unpaired) electrons. The van der Waals surface area contributed by atoms with Crippen LogP contribution in [0.2, 0.25) is 0 Å². The van der Waals surface area contributed by atoms with Gasteiger partial charge in [0.1, 0.15) is 17.4 Å². The first-order valence-electron chi connectivity index (χ1n) is 5.72. The molecule has 104 valence electrons. The topological polar surface area (TPSA) is 75.5 Å². The summed E-state index contributed by atoms with van der Waals surface area (Å²) < 4.78 is 26.2. The number of hydrogen-bond donors (Lipinski definition) is 3. The third-order valence-corrected chi connectivity index (χ3v) is 2.62. The van der Waals surface area contributed by atoms with Crippen molar-refractivity contribution in [2.75, 3.05) is 5.01 Å². The van der Waals surface area contributed by atoms with Gasteiger partial charge in [-0.1, -0.05) is 0 Å². The smallest absolute Gasteiger partial charge is 0.128 e. The molecule has 0 aliphatic heterocycles. The van der Waals surface area contributed by atoms with E-state index < -0.39 is 11.6 Å². The van der Waals surface area contributed by atoms with Crippen molar-refractivity contribution in [3.8, 4) is 5.75 Å². The van der Waals surface area contributed by atoms with Crippen LogP contribution in [0.15, 0.2) is 48.7 Å². The maximum atomic E-state index is 13.1. The number of halogens is 2. The number of hydrogen-bond acceptors (Lipinski definition) is 4. The lowest BCUT2D eigenvalue weighted by molar-refractivity contribution is 0.475. The molecule has 0 aliphatic carbocycles. The standard InChI is InChI=1S/C14H13F2N3O/c15-10-5-11(16)7-12(6-10)19(18)8-14(17)9-1-3-13(20)4-2-9/h1-8,20H,17-18H2/b14-8-. The highest BCUT2D eigenvalue weighted by molar-refractivity contribution is 5.66. The Morgan fingerprint density at radius 1 is 1.05 bits per heavy atom. The molecule has 2 rings (SSSR count). The molecule has 0 fully saturated rings. The van der Waals surface area contributed by atoms with Crippen LogP contribution in [-0.4, -0.2) is 5.11 Å². The number of aromatic hydroxyl groups is 1. The summed E-state index contributed by atoms with van der Waals surface area (Å²) in [6.07, 6.45) is 1.33. The Morgan fingerprint density at radius 2 is 1.60 bits per heavy atom. The fraction of sp³-hybridized carbons (Fsp3) is 0. The second-order valence-electron chi connectivity index (χ2n) is 4.17. The quantitative estimate of drug-likeness (QED) is 0.594. The fourth-order valence-corrected chi connectivity index (χ4v) is 1.64. The molecule has 0 aromatic heterocycles. The van der Waals surface area contributed by atoms with Crippen molar-refractivity contribution < 1.29 is 13.9 Å². The molecular formula is C14H13F2N3O. The fourth-order valence-electron chi connectivity index (χ4n) is 1.64. The Kier molecular flexibility index (Phi) is 3.86. The van der Waals surface area contributed by atoms with E-state index in [4.69, 9.17) is 11.6 Å². The van der Waals surface area contributed by atoms with Crippen LogP contribution in [0.4, 0.5) is 14.5 Å². The molecule has 0 aliphatic rings. The number of nitrogens with two attached hydrogens (primary N) is 2. The van der Waals surface area contributed by atoms with E-state index in [0.717, 1.165) is 23.2 Å². The summed E-state index contributed by atoms with van der Waals surface area (Å²) in [6.45, 7) is 0. The van der Waals surface area contributed by atoms with Gasteiger partial charge in [0, 0.05) is 12.3 Å². The van der Waals surface area contributed by atoms with Gasteiger partial charge in [0.25, 0.3) is 0 Å². The molecule has 0 spiro atoms. The molecule has 5 N–H and O–H groups in total. The molecule has 0 unspecified atom stereocenters. The summed E-state index contributed by atoms with van der Waals surface area (Å²) in [6, 6.07) is 9.07. The van der Waals surface area contributed by atoms with Gasteiger partial charge in [-0.15, -0.1) is 0 Å². The van der Waals surface area contributed by atoms with E-state index in [9.17, 15) is 13.9 Å². The summed E-state index contributed by atoms with van der Waals surface area (Å²) >= 11 is 0. The second-order valence-corrected chi connectivity index (χ2v) is 4.17. The third-order valence-electron chi connectivity index (χ3n) is 2.62. The molecule has 0 saturated heterocycles. The summed E-state index contributed by atoms with van der Waals surface area (Å²) in [4.78, 5) is 0. The molecule has 0 amide bonds. The van der Waals surface area contributed by atoms with E-state index in [1.54, 1.807) is 12.1 Å². The molecule has 0 bridgehead atoms. The number of benzene rings is 2. The van der Waals surface area contributed by atoms with Crippen LogP contribution in [0.1, 0.15) is 5.56 Å². The highest BCUT2D eigenvalue weighted by atomic mass is 19.1. The zero-order valence-electron chi connectivity index (χ0n) is 10.4. The SMILES string of the molecule is N/C(=C\N(N)c1cc(F)cc(F)c1)c1ccc(O)cc1. The second kappa shape index (κ2) is 5.58. The third kappa shape index (κ3) is 3.24. The van der Waals surface area contributed by atoms with Crippen LogP contribution < -0.4 is 16.6 Å². The molecule has 6 heteroatoms. The van der Waals surface area contributed by atoms with Gasteiger partial charge in [-0.05, 0) is 42.0 Å². The summed E-state index contributed by atoms with van der Waals surface area (Å²) in [5, 5.41) is 10.2. The Balaban J connectivity index is 2.26. The Labute approximate surface area is 114 Å². The molecule has 4 nitrogen and oxygen atoms in total. The van der Waals surface area contributed by atoms with Gasteiger partial charge < -0.3 is 10.8 Å². The Bertz CT molecular complexity index is 621. The van der Waals surface area contributed by atoms with Crippen molar-refractivity contribution in [2.24, 2.45) is 11.6 Å². The van der Waals surface area contributed by atoms with Gasteiger partial charge in [0.2, 0.25) is 0 Å². The lowest BCUT2D eigenvalue weighted by atomic mass is 10.1. The Morgan fingerprint density at radius 3 is 2.15 bits per heavy atom. The predicted molar refractivity (Wildman–Crippen MR) is 73.3 cm³/mol. The number of nitrogens with zero attached hydrogens (tertiary/aromatic N) is 1. The van der Waals surface area contributed by atoms with E-state index in [-0.39, 0.29) is 17.1 Å². The average Bonchev–Trinajstić information content (AvgIpc) is 2.38. The summed E-state index contributed by atoms with van der Waals surface area (Å²) in [5.74, 6) is 4.35. The van der Waals surface area contributed by atoms with Crippen molar-refractivity contribution >= 4 is 11.4 Å². The first-order chi connectivity index (χ1) is 9.45. The lowest BCUT2D eigenvalue weighted by Crippen LogP contribution is -2.26. The molecule has 0 heterocycles. The molecule has 0 saturated carbocycles. The number of anilines is 1. The number of phenolic OH excluding ortho intramolecular Hbond substituents is 1. The minimum absolute atomic E-state index is 0.110. The molecule has 0 atom stereocenters. The van der Waals surface area contributed by atoms with E-state index >= 15 is 0 Å². The van der Waals surface area contributed by atoms with Gasteiger partial charge >= 0.3 is 0 Å². The van der Waals surface area contributed by atoms with Crippen molar-refractivity contribution in [2.45, 2.75) is 0 Å². The highest BCUT2D eigenvalue weighted by Crippen LogP contribution is 2.19. The number of hydrazine groups is 1. The zero-order chi connectivity index (χ0) is 14.7. The molecular weight excluding hydrogens is 264 g/mol. The van der Waals surface area contributed by atoms with E-state index in [1.807, 2.05) is 0 Å². The predicted octanol–water partition coefficient (Wildman–Crippen LogP) is 2.31. The monoisotopic (exact) mass is 277 g/mol. The number of rotatable bonds is 3. The van der Waals surface area contributed by atoms with Gasteiger partial charge in [0.05, 0.1) is 11.4 Å². The van der Waals surface area contributed by atoms with Crippen molar-refractivity contribution in [1.29, 1.82) is 0 Å². The van der Waals surface area contributed by atoms with Crippen molar-refractivity contribution in [3.63, 3.8) is 0 Å². The normalized spacial score (nSPS) is 11.4. The van der Waals surface area contributed by atoms with Crippen LogP contribution >= 0.6 is 0 Å². The first-order valence-corrected chi connectivity index (χ1v) is 5.72. The molecule has 20 heavy (non-hydrogen) atoms. The van der Waals surface area contributed by atoms with Crippen molar-refractivity contribution in [3.05, 3.63) is 65.9 Å². The molecule has 2 aromatic rings. The summed E-state index contributed by atoms with van der Waals surface area (Å²) in [5.41, 5.74) is 6.87. The van der Waals surface area contributed by atoms with Gasteiger partial charge in [-0.25, -0.2) is 14.6 Å². The Hall–Kier alpha value is -2.60. The van der Waals surface area contributed by atoms with Crippen LogP contribution in [0, 0.1) is 11.6 Å². The van der Waals surface area contributed by atoms with E-state index in [2.05, 4.69) is 0 Å². The van der Waals surface area contributed by atoms with E-state index in [1.165, 1.54) is 18.3 Å². The highest BCUT2D eigenvalue weighted by Gasteiger charge is 2.05. The van der Waals surface area contributed by atoms with E-state index in [0.29, 0.717) is 5.56 Å². The van der Waals surface area contributed by atoms with Gasteiger partial charge in [-0.2, -0.15) is 0 Å². The first kappa shape index (κ1) is 13.8. The zero-order valence-corrected chi connectivity index (χ0v) is 10.4.